The topological polar surface area (TPSA) is 115 Å². The van der Waals surface area contributed by atoms with Gasteiger partial charge in [0.1, 0.15) is 6.10 Å². The highest BCUT2D eigenvalue weighted by Gasteiger charge is 2.27. The van der Waals surface area contributed by atoms with Gasteiger partial charge in [-0.1, -0.05) is 0 Å². The van der Waals surface area contributed by atoms with Gasteiger partial charge >= 0.3 is 5.97 Å². The molecule has 0 aliphatic carbocycles. The number of nitrogens with zero attached hydrogens (tertiary/aromatic N) is 1. The van der Waals surface area contributed by atoms with Crippen LogP contribution in [-0.2, 0) is 9.53 Å². The molecule has 1 aromatic rings. The van der Waals surface area contributed by atoms with Crippen LogP contribution in [0.5, 0.6) is 5.75 Å². The molecule has 1 rings (SSSR count). The molecule has 0 aromatic carbocycles. The number of carbonyl (C=O) groups excluding carboxylic acids is 1. The van der Waals surface area contributed by atoms with E-state index in [1.807, 2.05) is 0 Å². The summed E-state index contributed by atoms with van der Waals surface area (Å²) < 4.78 is 9.22. The van der Waals surface area contributed by atoms with E-state index in [1.165, 1.54) is 19.4 Å². The molecule has 17 heavy (non-hydrogen) atoms. The van der Waals surface area contributed by atoms with Crippen molar-refractivity contribution >= 4 is 11.8 Å². The lowest BCUT2D eigenvalue weighted by Crippen LogP contribution is -2.29. The van der Waals surface area contributed by atoms with Gasteiger partial charge < -0.3 is 25.4 Å². The van der Waals surface area contributed by atoms with E-state index in [0.29, 0.717) is 0 Å². The van der Waals surface area contributed by atoms with Crippen LogP contribution in [0.2, 0.25) is 0 Å². The van der Waals surface area contributed by atoms with Crippen LogP contribution in [-0.4, -0.2) is 41.5 Å². The van der Waals surface area contributed by atoms with Gasteiger partial charge in [0.15, 0.2) is 17.7 Å². The Morgan fingerprint density at radius 1 is 1.47 bits per heavy atom. The van der Waals surface area contributed by atoms with Crippen molar-refractivity contribution in [1.29, 1.82) is 0 Å². The highest BCUT2D eigenvalue weighted by Crippen LogP contribution is 2.25. The van der Waals surface area contributed by atoms with E-state index in [-0.39, 0.29) is 17.1 Å². The molecule has 2 unspecified atom stereocenters. The Morgan fingerprint density at radius 3 is 2.65 bits per heavy atom. The van der Waals surface area contributed by atoms with E-state index in [4.69, 9.17) is 10.5 Å². The first-order valence-electron chi connectivity index (χ1n) is 4.74. The van der Waals surface area contributed by atoms with E-state index < -0.39 is 18.2 Å². The number of carbonyl (C=O) groups is 1. The molecule has 0 fully saturated rings. The van der Waals surface area contributed by atoms with Gasteiger partial charge in [-0.2, -0.15) is 0 Å². The fraction of sp³-hybridized carbons (Fsp3) is 0.400. The maximum atomic E-state index is 11.0. The molecule has 0 aliphatic heterocycles. The van der Waals surface area contributed by atoms with Gasteiger partial charge in [0.05, 0.1) is 14.2 Å². The van der Waals surface area contributed by atoms with Crippen LogP contribution in [0, 0.1) is 0 Å². The number of aromatic nitrogens is 1. The molecule has 0 amide bonds. The average Bonchev–Trinajstić information content (AvgIpc) is 2.36. The number of anilines is 1. The van der Waals surface area contributed by atoms with Gasteiger partial charge in [0.2, 0.25) is 0 Å². The molecule has 0 aliphatic rings. The number of hydrogen-bond acceptors (Lipinski definition) is 7. The molecule has 1 aromatic heterocycles. The Balaban J connectivity index is 2.96. The second-order valence-corrected chi connectivity index (χ2v) is 3.27. The smallest absolute Gasteiger partial charge is 0.337 e. The van der Waals surface area contributed by atoms with Crippen molar-refractivity contribution in [3.05, 3.63) is 17.8 Å². The zero-order chi connectivity index (χ0) is 13.0. The Morgan fingerprint density at radius 2 is 2.12 bits per heavy atom. The summed E-state index contributed by atoms with van der Waals surface area (Å²) in [5.41, 5.74) is 5.69. The summed E-state index contributed by atoms with van der Waals surface area (Å²) in [5, 5.41) is 19.2. The molecule has 0 spiro atoms. The number of pyridine rings is 1. The number of aliphatic hydroxyl groups is 2. The number of ether oxygens (including phenoxy) is 2. The van der Waals surface area contributed by atoms with Crippen molar-refractivity contribution in [1.82, 2.24) is 4.98 Å². The molecule has 4 N–H and O–H groups in total. The number of esters is 1. The van der Waals surface area contributed by atoms with Crippen LogP contribution in [0.15, 0.2) is 12.3 Å². The summed E-state index contributed by atoms with van der Waals surface area (Å²) in [6.07, 6.45) is -1.89. The number of rotatable bonds is 4. The fourth-order valence-electron chi connectivity index (χ4n) is 1.23. The molecule has 0 bridgehead atoms. The van der Waals surface area contributed by atoms with Crippen LogP contribution in [0.1, 0.15) is 11.7 Å². The molecular weight excluding hydrogens is 228 g/mol. The van der Waals surface area contributed by atoms with Gasteiger partial charge in [-0.05, 0) is 6.07 Å². The molecule has 1 heterocycles. The number of methoxy groups -OCH3 is 2. The molecule has 7 heteroatoms. The first-order chi connectivity index (χ1) is 8.01. The lowest BCUT2D eigenvalue weighted by molar-refractivity contribution is -0.156. The quantitative estimate of drug-likeness (QED) is 0.594. The standard InChI is InChI=1S/C10H14N2O5/c1-16-6-3-5(4-12-9(6)11)7(13)8(14)10(15)17-2/h3-4,7-8,13-14H,1-2H3,(H2,11,12). The normalized spacial score (nSPS) is 13.9. The third-order valence-electron chi connectivity index (χ3n) is 2.21. The van der Waals surface area contributed by atoms with Crippen molar-refractivity contribution in [2.45, 2.75) is 12.2 Å². The third kappa shape index (κ3) is 2.83. The van der Waals surface area contributed by atoms with E-state index >= 15 is 0 Å². The monoisotopic (exact) mass is 242 g/mol. The summed E-state index contributed by atoms with van der Waals surface area (Å²) in [6, 6.07) is 1.39. The Bertz CT molecular complexity index is 410. The predicted molar refractivity (Wildman–Crippen MR) is 58.2 cm³/mol. The number of nitrogens with two attached hydrogens (primary N) is 1. The molecule has 2 atom stereocenters. The summed E-state index contributed by atoms with van der Waals surface area (Å²) >= 11 is 0. The number of aliphatic hydroxyl groups excluding tert-OH is 2. The highest BCUT2D eigenvalue weighted by atomic mass is 16.5. The summed E-state index contributed by atoms with van der Waals surface area (Å²) in [4.78, 5) is 14.8. The van der Waals surface area contributed by atoms with Crippen molar-refractivity contribution in [3.63, 3.8) is 0 Å². The predicted octanol–water partition coefficient (Wildman–Crippen LogP) is -0.760. The lowest BCUT2D eigenvalue weighted by atomic mass is 10.1. The summed E-state index contributed by atoms with van der Waals surface area (Å²) in [5.74, 6) is -0.539. The summed E-state index contributed by atoms with van der Waals surface area (Å²) in [6.45, 7) is 0. The Kier molecular flexibility index (Phi) is 4.24. The zero-order valence-corrected chi connectivity index (χ0v) is 9.45. The maximum Gasteiger partial charge on any atom is 0.337 e. The number of nitrogen functional groups attached to an aromatic ring is 1. The van der Waals surface area contributed by atoms with Crippen LogP contribution in [0.25, 0.3) is 0 Å². The van der Waals surface area contributed by atoms with Crippen molar-refractivity contribution in [2.75, 3.05) is 20.0 Å². The minimum Gasteiger partial charge on any atom is -0.493 e. The van der Waals surface area contributed by atoms with Crippen molar-refractivity contribution in [3.8, 4) is 5.75 Å². The van der Waals surface area contributed by atoms with E-state index in [9.17, 15) is 15.0 Å². The van der Waals surface area contributed by atoms with Crippen LogP contribution < -0.4 is 10.5 Å². The number of hydrogen-bond donors (Lipinski definition) is 3. The van der Waals surface area contributed by atoms with Gasteiger partial charge in [-0.25, -0.2) is 9.78 Å². The molecule has 94 valence electrons. The minimum atomic E-state index is -1.69. The van der Waals surface area contributed by atoms with E-state index in [0.717, 1.165) is 7.11 Å². The second-order valence-electron chi connectivity index (χ2n) is 3.27. The van der Waals surface area contributed by atoms with Gasteiger partial charge in [0.25, 0.3) is 0 Å². The molecule has 7 nitrogen and oxygen atoms in total. The second kappa shape index (κ2) is 5.46. The summed E-state index contributed by atoms with van der Waals surface area (Å²) in [7, 11) is 2.50. The lowest BCUT2D eigenvalue weighted by Gasteiger charge is -2.16. The van der Waals surface area contributed by atoms with Crippen LogP contribution >= 0.6 is 0 Å². The molecule has 0 radical (unpaired) electrons. The zero-order valence-electron chi connectivity index (χ0n) is 9.45. The third-order valence-corrected chi connectivity index (χ3v) is 2.21. The molecule has 0 saturated carbocycles. The average molecular weight is 242 g/mol. The van der Waals surface area contributed by atoms with Crippen molar-refractivity contribution < 1.29 is 24.5 Å². The maximum absolute atomic E-state index is 11.0. The van der Waals surface area contributed by atoms with E-state index in [2.05, 4.69) is 9.72 Å². The first kappa shape index (κ1) is 13.2. The van der Waals surface area contributed by atoms with Crippen molar-refractivity contribution in [2.24, 2.45) is 0 Å². The molecule has 0 saturated heterocycles. The highest BCUT2D eigenvalue weighted by molar-refractivity contribution is 5.75. The Labute approximate surface area is 97.8 Å². The van der Waals surface area contributed by atoms with Crippen LogP contribution in [0.4, 0.5) is 5.82 Å². The van der Waals surface area contributed by atoms with Gasteiger partial charge in [-0.15, -0.1) is 0 Å². The minimum absolute atomic E-state index is 0.149. The SMILES string of the molecule is COC(=O)C(O)C(O)c1cnc(N)c(OC)c1. The van der Waals surface area contributed by atoms with E-state index in [1.54, 1.807) is 0 Å². The van der Waals surface area contributed by atoms with Crippen LogP contribution in [0.3, 0.4) is 0 Å². The van der Waals surface area contributed by atoms with Gasteiger partial charge in [0, 0.05) is 11.8 Å². The first-order valence-corrected chi connectivity index (χ1v) is 4.74. The largest absolute Gasteiger partial charge is 0.493 e. The van der Waals surface area contributed by atoms with Gasteiger partial charge in [-0.3, -0.25) is 0 Å². The fourth-order valence-corrected chi connectivity index (χ4v) is 1.23. The molecular formula is C10H14N2O5. The Hall–Kier alpha value is -1.86.